The summed E-state index contributed by atoms with van der Waals surface area (Å²) in [5.41, 5.74) is -0.500. The van der Waals surface area contributed by atoms with Crippen LogP contribution in [0.5, 0.6) is 0 Å². The Morgan fingerprint density at radius 1 is 1.08 bits per heavy atom. The Kier molecular flexibility index (Phi) is 4.48. The Morgan fingerprint density at radius 2 is 1.83 bits per heavy atom. The lowest BCUT2D eigenvalue weighted by Gasteiger charge is -2.11. The van der Waals surface area contributed by atoms with Gasteiger partial charge in [0.1, 0.15) is 5.82 Å². The molecule has 0 saturated carbocycles. The van der Waals surface area contributed by atoms with E-state index in [1.165, 1.54) is 12.4 Å². The molecule has 0 radical (unpaired) electrons. The third kappa shape index (κ3) is 3.88. The molecular formula is C16H13F3N4S. The van der Waals surface area contributed by atoms with E-state index in [1.807, 2.05) is 19.1 Å². The van der Waals surface area contributed by atoms with E-state index in [4.69, 9.17) is 0 Å². The van der Waals surface area contributed by atoms with Crippen LogP contribution < -0.4 is 5.32 Å². The van der Waals surface area contributed by atoms with Crippen LogP contribution in [-0.4, -0.2) is 15.0 Å². The van der Waals surface area contributed by atoms with Crippen molar-refractivity contribution in [2.24, 2.45) is 0 Å². The molecule has 0 spiro atoms. The molecule has 24 heavy (non-hydrogen) atoms. The quantitative estimate of drug-likeness (QED) is 0.751. The van der Waals surface area contributed by atoms with Gasteiger partial charge in [-0.15, -0.1) is 11.3 Å². The largest absolute Gasteiger partial charge is 0.433 e. The number of thiophene rings is 1. The minimum Gasteiger partial charge on any atom is -0.365 e. The highest BCUT2D eigenvalue weighted by molar-refractivity contribution is 7.11. The summed E-state index contributed by atoms with van der Waals surface area (Å²) in [6.45, 7) is 2.38. The Labute approximate surface area is 140 Å². The molecule has 0 aliphatic rings. The minimum absolute atomic E-state index is 0.0112. The molecule has 3 aromatic rings. The molecule has 0 saturated heterocycles. The number of aryl methyl sites for hydroxylation is 1. The summed E-state index contributed by atoms with van der Waals surface area (Å²) in [5, 5.41) is 2.94. The van der Waals surface area contributed by atoms with Gasteiger partial charge in [0, 0.05) is 33.8 Å². The van der Waals surface area contributed by atoms with E-state index < -0.39 is 11.9 Å². The van der Waals surface area contributed by atoms with Gasteiger partial charge in [-0.3, -0.25) is 4.98 Å². The van der Waals surface area contributed by atoms with Gasteiger partial charge in [-0.1, -0.05) is 0 Å². The lowest BCUT2D eigenvalue weighted by Crippen LogP contribution is -2.12. The third-order valence-corrected chi connectivity index (χ3v) is 4.20. The highest BCUT2D eigenvalue weighted by Gasteiger charge is 2.33. The number of nitrogens with one attached hydrogen (secondary N) is 1. The summed E-state index contributed by atoms with van der Waals surface area (Å²) >= 11 is 1.58. The van der Waals surface area contributed by atoms with Gasteiger partial charge in [0.2, 0.25) is 0 Å². The lowest BCUT2D eigenvalue weighted by atomic mass is 10.2. The fraction of sp³-hybridized carbons (Fsp3) is 0.188. The number of pyridine rings is 1. The van der Waals surface area contributed by atoms with Crippen molar-refractivity contribution >= 4 is 17.2 Å². The maximum Gasteiger partial charge on any atom is 0.433 e. The molecule has 3 aromatic heterocycles. The predicted molar refractivity (Wildman–Crippen MR) is 86.6 cm³/mol. The van der Waals surface area contributed by atoms with E-state index in [-0.39, 0.29) is 11.6 Å². The van der Waals surface area contributed by atoms with Gasteiger partial charge in [0.15, 0.2) is 11.5 Å². The van der Waals surface area contributed by atoms with Crippen molar-refractivity contribution in [3.05, 3.63) is 58.2 Å². The fourth-order valence-corrected chi connectivity index (χ4v) is 2.90. The predicted octanol–water partition coefficient (Wildman–Crippen LogP) is 4.54. The van der Waals surface area contributed by atoms with E-state index in [0.717, 1.165) is 15.8 Å². The Morgan fingerprint density at radius 3 is 2.46 bits per heavy atom. The molecule has 0 bridgehead atoms. The van der Waals surface area contributed by atoms with Crippen LogP contribution in [0.25, 0.3) is 11.4 Å². The second-order valence-corrected chi connectivity index (χ2v) is 6.43. The normalized spacial score (nSPS) is 11.5. The minimum atomic E-state index is -4.54. The summed E-state index contributed by atoms with van der Waals surface area (Å²) in [7, 11) is 0. The van der Waals surface area contributed by atoms with E-state index in [1.54, 1.807) is 23.5 Å². The maximum absolute atomic E-state index is 13.1. The molecule has 0 aliphatic carbocycles. The summed E-state index contributed by atoms with van der Waals surface area (Å²) in [6, 6.07) is 7.96. The molecule has 3 rings (SSSR count). The summed E-state index contributed by atoms with van der Waals surface area (Å²) in [6.07, 6.45) is -1.57. The molecule has 0 aliphatic heterocycles. The summed E-state index contributed by atoms with van der Waals surface area (Å²) in [5.74, 6) is 0.146. The summed E-state index contributed by atoms with van der Waals surface area (Å²) < 4.78 is 39.3. The molecule has 124 valence electrons. The molecule has 0 amide bonds. The molecule has 3 heterocycles. The average molecular weight is 350 g/mol. The number of aromatic nitrogens is 3. The monoisotopic (exact) mass is 350 g/mol. The molecule has 0 atom stereocenters. The second-order valence-electron chi connectivity index (χ2n) is 5.06. The SMILES string of the molecule is Cc1ccc(CNc2cc(C(F)(F)F)nc(-c3ccncc3)n2)s1. The zero-order chi connectivity index (χ0) is 17.2. The molecule has 8 heteroatoms. The number of halogens is 3. The smallest absolute Gasteiger partial charge is 0.365 e. The molecule has 4 nitrogen and oxygen atoms in total. The van der Waals surface area contributed by atoms with Crippen LogP contribution in [0.2, 0.25) is 0 Å². The number of anilines is 1. The van der Waals surface area contributed by atoms with Gasteiger partial charge < -0.3 is 5.32 Å². The Hall–Kier alpha value is -2.48. The van der Waals surface area contributed by atoms with Crippen molar-refractivity contribution in [3.63, 3.8) is 0 Å². The van der Waals surface area contributed by atoms with E-state index in [9.17, 15) is 13.2 Å². The van der Waals surface area contributed by atoms with Crippen LogP contribution in [0.1, 0.15) is 15.4 Å². The number of nitrogens with zero attached hydrogens (tertiary/aromatic N) is 3. The summed E-state index contributed by atoms with van der Waals surface area (Å²) in [4.78, 5) is 13.8. The van der Waals surface area contributed by atoms with Crippen LogP contribution in [0.15, 0.2) is 42.7 Å². The van der Waals surface area contributed by atoms with E-state index in [0.29, 0.717) is 12.1 Å². The van der Waals surface area contributed by atoms with E-state index >= 15 is 0 Å². The standard InChI is InChI=1S/C16H13F3N4S/c1-10-2-3-12(24-10)9-21-14-8-13(16(17,18)19)22-15(23-14)11-4-6-20-7-5-11/h2-8H,9H2,1H3,(H,21,22,23). The van der Waals surface area contributed by atoms with Crippen molar-refractivity contribution < 1.29 is 13.2 Å². The molecule has 0 unspecified atom stereocenters. The van der Waals surface area contributed by atoms with Gasteiger partial charge in [0.25, 0.3) is 0 Å². The molecule has 1 N–H and O–H groups in total. The van der Waals surface area contributed by atoms with Gasteiger partial charge in [-0.2, -0.15) is 13.2 Å². The first-order chi connectivity index (χ1) is 11.4. The highest BCUT2D eigenvalue weighted by Crippen LogP contribution is 2.31. The van der Waals surface area contributed by atoms with Crippen molar-refractivity contribution in [2.45, 2.75) is 19.6 Å². The van der Waals surface area contributed by atoms with Crippen molar-refractivity contribution in [1.82, 2.24) is 15.0 Å². The zero-order valence-corrected chi connectivity index (χ0v) is 13.4. The fourth-order valence-electron chi connectivity index (χ4n) is 2.07. The van der Waals surface area contributed by atoms with Crippen LogP contribution in [0.3, 0.4) is 0 Å². The first-order valence-corrected chi connectivity index (χ1v) is 7.89. The second kappa shape index (κ2) is 6.56. The average Bonchev–Trinajstić information content (AvgIpc) is 2.98. The van der Waals surface area contributed by atoms with Crippen LogP contribution in [0, 0.1) is 6.92 Å². The zero-order valence-electron chi connectivity index (χ0n) is 12.6. The highest BCUT2D eigenvalue weighted by atomic mass is 32.1. The Balaban J connectivity index is 1.92. The van der Waals surface area contributed by atoms with Crippen LogP contribution in [0.4, 0.5) is 19.0 Å². The van der Waals surface area contributed by atoms with Gasteiger partial charge in [-0.25, -0.2) is 9.97 Å². The van der Waals surface area contributed by atoms with Crippen molar-refractivity contribution in [2.75, 3.05) is 5.32 Å². The first-order valence-electron chi connectivity index (χ1n) is 7.08. The first kappa shape index (κ1) is 16.4. The van der Waals surface area contributed by atoms with E-state index in [2.05, 4.69) is 20.3 Å². The number of alkyl halides is 3. The van der Waals surface area contributed by atoms with Gasteiger partial charge in [0.05, 0.1) is 6.54 Å². The maximum atomic E-state index is 13.1. The topological polar surface area (TPSA) is 50.7 Å². The third-order valence-electron chi connectivity index (χ3n) is 3.19. The van der Waals surface area contributed by atoms with Crippen molar-refractivity contribution in [3.8, 4) is 11.4 Å². The Bertz CT molecular complexity index is 831. The van der Waals surface area contributed by atoms with Crippen LogP contribution >= 0.6 is 11.3 Å². The lowest BCUT2D eigenvalue weighted by molar-refractivity contribution is -0.141. The van der Waals surface area contributed by atoms with Gasteiger partial charge >= 0.3 is 6.18 Å². The molecular weight excluding hydrogens is 337 g/mol. The van der Waals surface area contributed by atoms with Crippen molar-refractivity contribution in [1.29, 1.82) is 0 Å². The number of hydrogen-bond acceptors (Lipinski definition) is 5. The molecule has 0 aromatic carbocycles. The number of hydrogen-bond donors (Lipinski definition) is 1. The number of rotatable bonds is 4. The molecule has 0 fully saturated rings. The van der Waals surface area contributed by atoms with Gasteiger partial charge in [-0.05, 0) is 31.2 Å². The van der Waals surface area contributed by atoms with Crippen LogP contribution in [-0.2, 0) is 12.7 Å².